The minimum absolute atomic E-state index is 0.302. The lowest BCUT2D eigenvalue weighted by Gasteiger charge is -2.08. The van der Waals surface area contributed by atoms with E-state index in [0.717, 1.165) is 53.6 Å². The van der Waals surface area contributed by atoms with Crippen LogP contribution in [0.5, 0.6) is 0 Å². The molecule has 184 valence electrons. The second kappa shape index (κ2) is 10.3. The molecule has 2 aromatic heterocycles. The molecule has 2 heterocycles. The second-order valence-electron chi connectivity index (χ2n) is 8.57. The molecule has 8 nitrogen and oxygen atoms in total. The van der Waals surface area contributed by atoms with Crippen LogP contribution in [0.4, 0.5) is 5.00 Å². The van der Waals surface area contributed by atoms with Gasteiger partial charge in [-0.3, -0.25) is 4.79 Å². The molecule has 0 fully saturated rings. The summed E-state index contributed by atoms with van der Waals surface area (Å²) in [6, 6.07) is 14.7. The average molecular weight is 504 g/mol. The number of esters is 2. The van der Waals surface area contributed by atoms with E-state index in [1.54, 1.807) is 18.2 Å². The number of hydrogen-bond acceptors (Lipinski definition) is 7. The summed E-state index contributed by atoms with van der Waals surface area (Å²) < 4.78 is 10.2. The van der Waals surface area contributed by atoms with Gasteiger partial charge in [-0.25, -0.2) is 14.6 Å². The van der Waals surface area contributed by atoms with Crippen molar-refractivity contribution in [3.05, 3.63) is 70.1 Å². The Kier molecular flexibility index (Phi) is 6.81. The maximum atomic E-state index is 12.6. The van der Waals surface area contributed by atoms with Gasteiger partial charge in [0.15, 0.2) is 6.61 Å². The molecule has 0 aliphatic heterocycles. The number of benzene rings is 2. The van der Waals surface area contributed by atoms with E-state index in [1.807, 2.05) is 30.3 Å². The van der Waals surface area contributed by atoms with Crippen LogP contribution in [-0.4, -0.2) is 41.5 Å². The van der Waals surface area contributed by atoms with E-state index in [4.69, 9.17) is 9.47 Å². The Morgan fingerprint density at radius 1 is 1.03 bits per heavy atom. The number of carbonyl (C=O) groups excluding carboxylic acids is 3. The Hall–Kier alpha value is -3.98. The van der Waals surface area contributed by atoms with Crippen LogP contribution in [0.15, 0.2) is 48.5 Å². The molecule has 36 heavy (non-hydrogen) atoms. The second-order valence-corrected chi connectivity index (χ2v) is 9.67. The SMILES string of the molecule is COC(=O)c1c(NC(=O)COC(=O)c2ccc3nc(-c4ccccc4)[nH]c3c2)sc2c1CCCCC2. The summed E-state index contributed by atoms with van der Waals surface area (Å²) in [6.07, 6.45) is 4.80. The summed E-state index contributed by atoms with van der Waals surface area (Å²) in [4.78, 5) is 46.6. The fourth-order valence-electron chi connectivity index (χ4n) is 4.40. The highest BCUT2D eigenvalue weighted by atomic mass is 32.1. The number of carbonyl (C=O) groups is 3. The quantitative estimate of drug-likeness (QED) is 0.278. The summed E-state index contributed by atoms with van der Waals surface area (Å²) in [7, 11) is 1.33. The van der Waals surface area contributed by atoms with Gasteiger partial charge < -0.3 is 19.8 Å². The zero-order valence-electron chi connectivity index (χ0n) is 19.8. The van der Waals surface area contributed by atoms with E-state index >= 15 is 0 Å². The number of aryl methyl sites for hydroxylation is 1. The monoisotopic (exact) mass is 503 g/mol. The molecule has 4 aromatic rings. The van der Waals surface area contributed by atoms with Crippen molar-refractivity contribution in [3.8, 4) is 11.4 Å². The number of ether oxygens (including phenoxy) is 2. The lowest BCUT2D eigenvalue weighted by molar-refractivity contribution is -0.119. The van der Waals surface area contributed by atoms with Crippen LogP contribution in [0, 0.1) is 0 Å². The van der Waals surface area contributed by atoms with Gasteiger partial charge >= 0.3 is 11.9 Å². The molecular formula is C27H25N3O5S. The molecule has 0 unspecified atom stereocenters. The van der Waals surface area contributed by atoms with Gasteiger partial charge in [0.1, 0.15) is 10.8 Å². The molecular weight excluding hydrogens is 478 g/mol. The Balaban J connectivity index is 1.26. The number of rotatable bonds is 6. The van der Waals surface area contributed by atoms with Gasteiger partial charge in [0.25, 0.3) is 5.91 Å². The molecule has 0 spiro atoms. The third-order valence-corrected chi connectivity index (χ3v) is 7.37. The zero-order valence-corrected chi connectivity index (χ0v) is 20.6. The summed E-state index contributed by atoms with van der Waals surface area (Å²) in [5.41, 5.74) is 4.02. The van der Waals surface area contributed by atoms with E-state index in [0.29, 0.717) is 27.5 Å². The van der Waals surface area contributed by atoms with E-state index in [2.05, 4.69) is 15.3 Å². The normalized spacial score (nSPS) is 13.0. The molecule has 0 radical (unpaired) electrons. The molecule has 0 atom stereocenters. The van der Waals surface area contributed by atoms with Crippen LogP contribution in [0.25, 0.3) is 22.4 Å². The summed E-state index contributed by atoms with van der Waals surface area (Å²) >= 11 is 1.40. The Bertz CT molecular complexity index is 1440. The first kappa shape index (κ1) is 23.7. The van der Waals surface area contributed by atoms with Crippen molar-refractivity contribution in [2.45, 2.75) is 32.1 Å². The van der Waals surface area contributed by atoms with Crippen molar-refractivity contribution in [1.29, 1.82) is 0 Å². The number of amides is 1. The van der Waals surface area contributed by atoms with Gasteiger partial charge in [0, 0.05) is 10.4 Å². The number of fused-ring (bicyclic) bond motifs is 2. The maximum Gasteiger partial charge on any atom is 0.341 e. The van der Waals surface area contributed by atoms with Crippen LogP contribution >= 0.6 is 11.3 Å². The number of nitrogens with one attached hydrogen (secondary N) is 2. The number of aromatic amines is 1. The van der Waals surface area contributed by atoms with E-state index in [9.17, 15) is 14.4 Å². The number of hydrogen-bond donors (Lipinski definition) is 2. The van der Waals surface area contributed by atoms with Gasteiger partial charge in [-0.1, -0.05) is 36.8 Å². The summed E-state index contributed by atoms with van der Waals surface area (Å²) in [5, 5.41) is 3.19. The number of nitrogens with zero attached hydrogens (tertiary/aromatic N) is 1. The fraction of sp³-hybridized carbons (Fsp3) is 0.259. The van der Waals surface area contributed by atoms with Crippen molar-refractivity contribution in [2.75, 3.05) is 19.0 Å². The standard InChI is InChI=1S/C27H25N3O5S/c1-34-27(33)23-18-10-6-3-7-11-21(18)36-25(23)30-22(31)15-35-26(32)17-12-13-19-20(14-17)29-24(28-19)16-8-4-2-5-9-16/h2,4-5,8-9,12-14H,3,6-7,10-11,15H2,1H3,(H,28,29)(H,30,31). The van der Waals surface area contributed by atoms with E-state index < -0.39 is 24.5 Å². The number of anilines is 1. The first-order valence-electron chi connectivity index (χ1n) is 11.8. The predicted molar refractivity (Wildman–Crippen MR) is 137 cm³/mol. The molecule has 0 saturated carbocycles. The van der Waals surface area contributed by atoms with Crippen molar-refractivity contribution in [1.82, 2.24) is 9.97 Å². The van der Waals surface area contributed by atoms with E-state index in [-0.39, 0.29) is 0 Å². The van der Waals surface area contributed by atoms with Crippen molar-refractivity contribution in [3.63, 3.8) is 0 Å². The Morgan fingerprint density at radius 3 is 2.64 bits per heavy atom. The summed E-state index contributed by atoms with van der Waals surface area (Å²) in [6.45, 7) is -0.474. The van der Waals surface area contributed by atoms with Crippen LogP contribution in [0.1, 0.15) is 50.4 Å². The molecule has 0 bridgehead atoms. The molecule has 9 heteroatoms. The topological polar surface area (TPSA) is 110 Å². The van der Waals surface area contributed by atoms with Crippen LogP contribution in [0.3, 0.4) is 0 Å². The average Bonchev–Trinajstić information content (AvgIpc) is 3.40. The highest BCUT2D eigenvalue weighted by Crippen LogP contribution is 2.38. The number of methoxy groups -OCH3 is 1. The molecule has 1 amide bonds. The third kappa shape index (κ3) is 4.87. The zero-order chi connectivity index (χ0) is 25.1. The molecule has 5 rings (SSSR count). The largest absolute Gasteiger partial charge is 0.465 e. The Morgan fingerprint density at radius 2 is 1.83 bits per heavy atom. The molecule has 1 aliphatic rings. The van der Waals surface area contributed by atoms with Crippen molar-refractivity contribution >= 4 is 45.2 Å². The maximum absolute atomic E-state index is 12.6. The van der Waals surface area contributed by atoms with Crippen molar-refractivity contribution in [2.24, 2.45) is 0 Å². The first-order valence-corrected chi connectivity index (χ1v) is 12.6. The van der Waals surface area contributed by atoms with Gasteiger partial charge in [0.2, 0.25) is 0 Å². The smallest absolute Gasteiger partial charge is 0.341 e. The first-order chi connectivity index (χ1) is 17.5. The van der Waals surface area contributed by atoms with Gasteiger partial charge in [0.05, 0.1) is 29.3 Å². The highest BCUT2D eigenvalue weighted by Gasteiger charge is 2.26. The minimum atomic E-state index is -0.627. The lowest BCUT2D eigenvalue weighted by Crippen LogP contribution is -2.21. The number of aromatic nitrogens is 2. The third-order valence-electron chi connectivity index (χ3n) is 6.16. The Labute approximate surface area is 211 Å². The van der Waals surface area contributed by atoms with Crippen LogP contribution in [-0.2, 0) is 27.1 Å². The number of thiophene rings is 1. The van der Waals surface area contributed by atoms with E-state index in [1.165, 1.54) is 18.4 Å². The highest BCUT2D eigenvalue weighted by molar-refractivity contribution is 7.17. The molecule has 2 aromatic carbocycles. The molecule has 0 saturated heterocycles. The van der Waals surface area contributed by atoms with Crippen molar-refractivity contribution < 1.29 is 23.9 Å². The van der Waals surface area contributed by atoms with Gasteiger partial charge in [-0.05, 0) is 49.4 Å². The van der Waals surface area contributed by atoms with Gasteiger partial charge in [-0.15, -0.1) is 11.3 Å². The van der Waals surface area contributed by atoms with Gasteiger partial charge in [-0.2, -0.15) is 0 Å². The molecule has 1 aliphatic carbocycles. The molecule has 2 N–H and O–H groups in total. The predicted octanol–water partition coefficient (Wildman–Crippen LogP) is 5.14. The lowest BCUT2D eigenvalue weighted by atomic mass is 10.1. The number of imidazole rings is 1. The summed E-state index contributed by atoms with van der Waals surface area (Å²) in [5.74, 6) is -0.910. The number of H-pyrrole nitrogens is 1. The van der Waals surface area contributed by atoms with Crippen LogP contribution in [0.2, 0.25) is 0 Å². The van der Waals surface area contributed by atoms with Crippen LogP contribution < -0.4 is 5.32 Å². The fourth-order valence-corrected chi connectivity index (χ4v) is 5.69. The minimum Gasteiger partial charge on any atom is -0.465 e.